The van der Waals surface area contributed by atoms with Crippen molar-refractivity contribution in [3.05, 3.63) is 88.4 Å². The smallest absolute Gasteiger partial charge is 0.246 e. The van der Waals surface area contributed by atoms with Gasteiger partial charge in [-0.25, -0.2) is 32.0 Å². The van der Waals surface area contributed by atoms with Crippen LogP contribution in [0.25, 0.3) is 5.65 Å². The molecule has 0 atom stereocenters. The summed E-state index contributed by atoms with van der Waals surface area (Å²) in [5, 5.41) is 4.73. The first-order valence-electron chi connectivity index (χ1n) is 7.83. The zero-order chi connectivity index (χ0) is 19.0. The Morgan fingerprint density at radius 2 is 1.78 bits per heavy atom. The van der Waals surface area contributed by atoms with Gasteiger partial charge in [0.1, 0.15) is 10.8 Å². The molecule has 2 aromatic heterocycles. The topological polar surface area (TPSA) is 52.2 Å². The zero-order valence-corrected chi connectivity index (χ0v) is 14.5. The molecule has 0 aliphatic carbocycles. The van der Waals surface area contributed by atoms with Gasteiger partial charge in [-0.05, 0) is 42.0 Å². The lowest BCUT2D eigenvalue weighted by Gasteiger charge is -2.01. The third-order valence-electron chi connectivity index (χ3n) is 3.81. The number of aromatic nitrogens is 4. The van der Waals surface area contributed by atoms with E-state index in [4.69, 9.17) is 0 Å². The van der Waals surface area contributed by atoms with Crippen molar-refractivity contribution in [2.24, 2.45) is 0 Å². The summed E-state index contributed by atoms with van der Waals surface area (Å²) >= 11 is 1.24. The van der Waals surface area contributed by atoms with Crippen molar-refractivity contribution in [2.75, 3.05) is 0 Å². The summed E-state index contributed by atoms with van der Waals surface area (Å²) in [5.74, 6) is -2.29. The number of halogens is 3. The SMILES string of the molecule is O=c1n(Cc2ccc(F)c(F)c2)nc2c(Sc3ccc(F)cc3)nccn12. The first kappa shape index (κ1) is 17.3. The molecule has 0 fully saturated rings. The Morgan fingerprint density at radius 3 is 2.52 bits per heavy atom. The van der Waals surface area contributed by atoms with Gasteiger partial charge in [-0.3, -0.25) is 0 Å². The number of nitrogens with zero attached hydrogens (tertiary/aromatic N) is 4. The molecular formula is C18H11F3N4OS. The van der Waals surface area contributed by atoms with Crippen LogP contribution >= 0.6 is 11.8 Å². The van der Waals surface area contributed by atoms with Crippen LogP contribution in [0.15, 0.2) is 69.6 Å². The van der Waals surface area contributed by atoms with E-state index in [1.54, 1.807) is 12.1 Å². The average Bonchev–Trinajstić information content (AvgIpc) is 2.97. The first-order chi connectivity index (χ1) is 13.0. The highest BCUT2D eigenvalue weighted by Gasteiger charge is 2.14. The molecule has 2 aromatic carbocycles. The molecule has 0 N–H and O–H groups in total. The molecule has 4 aromatic rings. The van der Waals surface area contributed by atoms with E-state index in [0.717, 1.165) is 21.7 Å². The number of hydrogen-bond donors (Lipinski definition) is 0. The summed E-state index contributed by atoms with van der Waals surface area (Å²) in [6.45, 7) is -0.0155. The Kier molecular flexibility index (Phi) is 4.44. The highest BCUT2D eigenvalue weighted by molar-refractivity contribution is 7.99. The van der Waals surface area contributed by atoms with E-state index in [0.29, 0.717) is 16.2 Å². The van der Waals surface area contributed by atoms with E-state index in [2.05, 4.69) is 10.1 Å². The molecule has 9 heteroatoms. The van der Waals surface area contributed by atoms with Gasteiger partial charge in [-0.2, -0.15) is 0 Å². The van der Waals surface area contributed by atoms with Crippen LogP contribution in [0, 0.1) is 17.5 Å². The fourth-order valence-corrected chi connectivity index (χ4v) is 3.37. The van der Waals surface area contributed by atoms with Crippen LogP contribution in [0.4, 0.5) is 13.2 Å². The molecule has 0 bridgehead atoms. The molecule has 0 amide bonds. The van der Waals surface area contributed by atoms with Crippen molar-refractivity contribution in [1.82, 2.24) is 19.2 Å². The fraction of sp³-hybridized carbons (Fsp3) is 0.0556. The van der Waals surface area contributed by atoms with Gasteiger partial charge >= 0.3 is 5.69 Å². The van der Waals surface area contributed by atoms with Crippen molar-refractivity contribution in [3.63, 3.8) is 0 Å². The third kappa shape index (κ3) is 3.45. The van der Waals surface area contributed by atoms with E-state index < -0.39 is 17.3 Å². The number of fused-ring (bicyclic) bond motifs is 1. The van der Waals surface area contributed by atoms with E-state index in [9.17, 15) is 18.0 Å². The predicted octanol–water partition coefficient (Wildman–Crippen LogP) is 3.51. The molecular weight excluding hydrogens is 377 g/mol. The highest BCUT2D eigenvalue weighted by atomic mass is 32.2. The minimum Gasteiger partial charge on any atom is -0.246 e. The monoisotopic (exact) mass is 388 g/mol. The van der Waals surface area contributed by atoms with Gasteiger partial charge in [0.05, 0.1) is 6.54 Å². The second-order valence-corrected chi connectivity index (χ2v) is 6.73. The maximum atomic E-state index is 13.4. The summed E-state index contributed by atoms with van der Waals surface area (Å²) < 4.78 is 42.0. The molecule has 2 heterocycles. The van der Waals surface area contributed by atoms with E-state index in [-0.39, 0.29) is 12.4 Å². The van der Waals surface area contributed by atoms with Crippen molar-refractivity contribution < 1.29 is 13.2 Å². The molecule has 0 spiro atoms. The molecule has 27 heavy (non-hydrogen) atoms. The van der Waals surface area contributed by atoms with Crippen LogP contribution in [-0.2, 0) is 6.54 Å². The van der Waals surface area contributed by atoms with Gasteiger partial charge < -0.3 is 0 Å². The molecule has 5 nitrogen and oxygen atoms in total. The van der Waals surface area contributed by atoms with Gasteiger partial charge in [0.2, 0.25) is 0 Å². The summed E-state index contributed by atoms with van der Waals surface area (Å²) in [4.78, 5) is 17.5. The maximum Gasteiger partial charge on any atom is 0.350 e. The minimum atomic E-state index is -0.987. The Morgan fingerprint density at radius 1 is 1.00 bits per heavy atom. The highest BCUT2D eigenvalue weighted by Crippen LogP contribution is 2.28. The quantitative estimate of drug-likeness (QED) is 0.537. The largest absolute Gasteiger partial charge is 0.350 e. The van der Waals surface area contributed by atoms with Gasteiger partial charge in [0, 0.05) is 17.3 Å². The molecule has 136 valence electrons. The van der Waals surface area contributed by atoms with Crippen LogP contribution in [0.5, 0.6) is 0 Å². The Hall–Kier alpha value is -3.07. The normalized spacial score (nSPS) is 11.2. The summed E-state index contributed by atoms with van der Waals surface area (Å²) in [6.07, 6.45) is 2.94. The molecule has 0 saturated heterocycles. The molecule has 0 aliphatic rings. The van der Waals surface area contributed by atoms with Crippen LogP contribution in [0.2, 0.25) is 0 Å². The maximum absolute atomic E-state index is 13.4. The lowest BCUT2D eigenvalue weighted by atomic mass is 10.2. The van der Waals surface area contributed by atoms with Crippen molar-refractivity contribution in [3.8, 4) is 0 Å². The van der Waals surface area contributed by atoms with Gasteiger partial charge in [0.15, 0.2) is 17.3 Å². The Labute approximate surface area is 155 Å². The summed E-state index contributed by atoms with van der Waals surface area (Å²) in [5.41, 5.74) is 0.289. The lowest BCUT2D eigenvalue weighted by molar-refractivity contribution is 0.505. The van der Waals surface area contributed by atoms with Gasteiger partial charge in [0.25, 0.3) is 0 Å². The molecule has 0 unspecified atom stereocenters. The van der Waals surface area contributed by atoms with Crippen molar-refractivity contribution >= 4 is 17.4 Å². The fourth-order valence-electron chi connectivity index (χ4n) is 2.53. The Bertz CT molecular complexity index is 1190. The standard InChI is InChI=1S/C18H11F3N4OS/c19-12-2-4-13(5-3-12)27-17-16-23-25(18(26)24(16)8-7-22-17)10-11-1-6-14(20)15(21)9-11/h1-9H,10H2. The molecule has 0 radical (unpaired) electrons. The van der Waals surface area contributed by atoms with E-state index >= 15 is 0 Å². The van der Waals surface area contributed by atoms with E-state index in [1.165, 1.54) is 46.8 Å². The van der Waals surface area contributed by atoms with Gasteiger partial charge in [-0.1, -0.05) is 17.8 Å². The van der Waals surface area contributed by atoms with Crippen LogP contribution in [0.3, 0.4) is 0 Å². The van der Waals surface area contributed by atoms with Crippen molar-refractivity contribution in [1.29, 1.82) is 0 Å². The van der Waals surface area contributed by atoms with Crippen LogP contribution in [-0.4, -0.2) is 19.2 Å². The summed E-state index contributed by atoms with van der Waals surface area (Å²) in [6, 6.07) is 9.28. The summed E-state index contributed by atoms with van der Waals surface area (Å²) in [7, 11) is 0. The second-order valence-electron chi connectivity index (χ2n) is 5.67. The third-order valence-corrected chi connectivity index (χ3v) is 4.80. The number of benzene rings is 2. The minimum absolute atomic E-state index is 0.0155. The first-order valence-corrected chi connectivity index (χ1v) is 8.64. The Balaban J connectivity index is 1.71. The molecule has 0 saturated carbocycles. The number of hydrogen-bond acceptors (Lipinski definition) is 4. The lowest BCUT2D eigenvalue weighted by Crippen LogP contribution is -2.21. The van der Waals surface area contributed by atoms with Gasteiger partial charge in [-0.15, -0.1) is 5.10 Å². The molecule has 0 aliphatic heterocycles. The van der Waals surface area contributed by atoms with Crippen LogP contribution < -0.4 is 5.69 Å². The zero-order valence-electron chi connectivity index (χ0n) is 13.6. The number of rotatable bonds is 4. The van der Waals surface area contributed by atoms with Crippen LogP contribution in [0.1, 0.15) is 5.56 Å². The second kappa shape index (κ2) is 6.92. The molecule has 4 rings (SSSR count). The van der Waals surface area contributed by atoms with E-state index in [1.807, 2.05) is 0 Å². The van der Waals surface area contributed by atoms with Crippen molar-refractivity contribution in [2.45, 2.75) is 16.5 Å². The average molecular weight is 388 g/mol. The predicted molar refractivity (Wildman–Crippen MR) is 93.2 cm³/mol.